The third-order valence-electron chi connectivity index (χ3n) is 5.71. The molecule has 1 heterocycles. The van der Waals surface area contributed by atoms with E-state index in [4.69, 9.17) is 0 Å². The largest absolute Gasteiger partial charge is 0.331 e. The molecule has 5 rings (SSSR count). The molecule has 0 bridgehead atoms. The van der Waals surface area contributed by atoms with Gasteiger partial charge in [-0.3, -0.25) is 4.79 Å². The molecule has 0 aliphatic carbocycles. The van der Waals surface area contributed by atoms with Crippen molar-refractivity contribution < 1.29 is 4.79 Å². The van der Waals surface area contributed by atoms with Gasteiger partial charge in [-0.25, -0.2) is 0 Å². The fourth-order valence-corrected chi connectivity index (χ4v) is 4.17. The Morgan fingerprint density at radius 3 is 2.19 bits per heavy atom. The van der Waals surface area contributed by atoms with E-state index in [9.17, 15) is 4.79 Å². The van der Waals surface area contributed by atoms with E-state index in [1.807, 2.05) is 66.7 Å². The number of carbonyl (C=O) groups is 1. The molecule has 4 aromatic carbocycles. The molecule has 32 heavy (non-hydrogen) atoms. The molecule has 1 amide bonds. The van der Waals surface area contributed by atoms with Gasteiger partial charge in [-0.1, -0.05) is 97.1 Å². The smallest absolute Gasteiger partial charge is 0.244 e. The number of nitrogens with zero attached hydrogens (tertiary/aromatic N) is 1. The maximum Gasteiger partial charge on any atom is 0.244 e. The number of para-hydroxylation sites is 2. The first kappa shape index (κ1) is 19.8. The Hall–Kier alpha value is -4.11. The van der Waals surface area contributed by atoms with E-state index >= 15 is 0 Å². The summed E-state index contributed by atoms with van der Waals surface area (Å²) in [5.41, 5.74) is 6.38. The van der Waals surface area contributed by atoms with Crippen LogP contribution in [0.25, 0.3) is 22.2 Å². The summed E-state index contributed by atoms with van der Waals surface area (Å²) in [5, 5.41) is 4.28. The van der Waals surface area contributed by atoms with Crippen LogP contribution in [-0.2, 0) is 17.8 Å². The summed E-state index contributed by atoms with van der Waals surface area (Å²) in [7, 11) is 0. The second-order valence-electron chi connectivity index (χ2n) is 7.91. The van der Waals surface area contributed by atoms with Gasteiger partial charge in [0.1, 0.15) is 6.54 Å². The van der Waals surface area contributed by atoms with E-state index in [1.165, 1.54) is 5.56 Å². The highest BCUT2D eigenvalue weighted by atomic mass is 16.1. The number of aromatic nitrogens is 1. The topological polar surface area (TPSA) is 34.0 Å². The first-order valence-corrected chi connectivity index (χ1v) is 10.8. The molecule has 0 saturated carbocycles. The Morgan fingerprint density at radius 1 is 0.719 bits per heavy atom. The number of anilines is 1. The Balaban J connectivity index is 1.43. The van der Waals surface area contributed by atoms with Crippen LogP contribution in [0.4, 0.5) is 5.69 Å². The van der Waals surface area contributed by atoms with Crippen LogP contribution in [0.2, 0.25) is 0 Å². The number of hydrogen-bond donors (Lipinski definition) is 1. The van der Waals surface area contributed by atoms with Crippen LogP contribution >= 0.6 is 0 Å². The average Bonchev–Trinajstić information content (AvgIpc) is 3.20. The summed E-state index contributed by atoms with van der Waals surface area (Å²) < 4.78 is 2.10. The van der Waals surface area contributed by atoms with Crippen molar-refractivity contribution in [1.82, 2.24) is 4.57 Å². The van der Waals surface area contributed by atoms with E-state index < -0.39 is 0 Å². The zero-order valence-corrected chi connectivity index (χ0v) is 17.7. The molecule has 1 N–H and O–H groups in total. The van der Waals surface area contributed by atoms with Gasteiger partial charge in [-0.05, 0) is 41.3 Å². The molecule has 0 atom stereocenters. The van der Waals surface area contributed by atoms with E-state index in [2.05, 4.69) is 58.4 Å². The predicted molar refractivity (Wildman–Crippen MR) is 132 cm³/mol. The third kappa shape index (κ3) is 4.19. The van der Waals surface area contributed by atoms with Crippen molar-refractivity contribution in [3.05, 3.63) is 126 Å². The molecule has 3 heteroatoms. The molecule has 3 nitrogen and oxygen atoms in total. The molecule has 0 aliphatic rings. The van der Waals surface area contributed by atoms with Crippen LogP contribution in [0.1, 0.15) is 11.1 Å². The molecule has 0 saturated heterocycles. The van der Waals surface area contributed by atoms with Gasteiger partial charge >= 0.3 is 0 Å². The van der Waals surface area contributed by atoms with Gasteiger partial charge in [0.05, 0.1) is 0 Å². The number of benzene rings is 4. The molecule has 1 aromatic heterocycles. The fraction of sp³-hybridized carbons (Fsp3) is 0.0690. The van der Waals surface area contributed by atoms with Crippen molar-refractivity contribution >= 4 is 22.5 Å². The average molecular weight is 417 g/mol. The second kappa shape index (κ2) is 8.94. The van der Waals surface area contributed by atoms with Crippen molar-refractivity contribution in [2.45, 2.75) is 13.0 Å². The van der Waals surface area contributed by atoms with Crippen LogP contribution in [0.3, 0.4) is 0 Å². The van der Waals surface area contributed by atoms with Gasteiger partial charge in [0.25, 0.3) is 0 Å². The zero-order valence-electron chi connectivity index (χ0n) is 17.7. The Kier molecular flexibility index (Phi) is 5.54. The van der Waals surface area contributed by atoms with Crippen LogP contribution in [0.5, 0.6) is 0 Å². The SMILES string of the molecule is O=C(Cn1c(-c2ccccc2)cc2ccccc21)Nc1ccccc1Cc1ccccc1. The summed E-state index contributed by atoms with van der Waals surface area (Å²) in [6.45, 7) is 0.247. The van der Waals surface area contributed by atoms with Crippen LogP contribution < -0.4 is 5.32 Å². The lowest BCUT2D eigenvalue weighted by molar-refractivity contribution is -0.116. The highest BCUT2D eigenvalue weighted by Crippen LogP contribution is 2.28. The van der Waals surface area contributed by atoms with Crippen molar-refractivity contribution in [2.24, 2.45) is 0 Å². The van der Waals surface area contributed by atoms with Crippen LogP contribution in [0, 0.1) is 0 Å². The van der Waals surface area contributed by atoms with Gasteiger partial charge in [-0.2, -0.15) is 0 Å². The minimum atomic E-state index is -0.0379. The van der Waals surface area contributed by atoms with Gasteiger partial charge in [0.2, 0.25) is 5.91 Å². The lowest BCUT2D eigenvalue weighted by Crippen LogP contribution is -2.20. The van der Waals surface area contributed by atoms with E-state index in [0.29, 0.717) is 0 Å². The summed E-state index contributed by atoms with van der Waals surface area (Å²) in [5.74, 6) is -0.0379. The number of carbonyl (C=O) groups excluding carboxylic acids is 1. The molecular weight excluding hydrogens is 392 g/mol. The first-order valence-electron chi connectivity index (χ1n) is 10.8. The maximum atomic E-state index is 13.2. The number of amides is 1. The summed E-state index contributed by atoms with van der Waals surface area (Å²) in [4.78, 5) is 13.2. The highest BCUT2D eigenvalue weighted by molar-refractivity contribution is 5.94. The Labute approximate surface area is 188 Å². The molecule has 0 spiro atoms. The number of hydrogen-bond acceptors (Lipinski definition) is 1. The minimum absolute atomic E-state index is 0.0379. The van der Waals surface area contributed by atoms with Gasteiger partial charge in [0, 0.05) is 22.3 Å². The number of rotatable bonds is 6. The highest BCUT2D eigenvalue weighted by Gasteiger charge is 2.14. The second-order valence-corrected chi connectivity index (χ2v) is 7.91. The molecule has 0 radical (unpaired) electrons. The molecule has 0 fully saturated rings. The zero-order chi connectivity index (χ0) is 21.8. The van der Waals surface area contributed by atoms with Crippen molar-refractivity contribution in [3.8, 4) is 11.3 Å². The molecule has 0 aliphatic heterocycles. The van der Waals surface area contributed by atoms with Gasteiger partial charge < -0.3 is 9.88 Å². The standard InChI is InChI=1S/C29H24N2O/c32-29(30-26-17-9-7-15-24(26)19-22-11-3-1-4-12-22)21-31-27-18-10-8-16-25(27)20-28(31)23-13-5-2-6-14-23/h1-18,20H,19,21H2,(H,30,32). The lowest BCUT2D eigenvalue weighted by Gasteiger charge is -2.14. The maximum absolute atomic E-state index is 13.2. The Bertz CT molecular complexity index is 1350. The van der Waals surface area contributed by atoms with Gasteiger partial charge in [-0.15, -0.1) is 0 Å². The fourth-order valence-electron chi connectivity index (χ4n) is 4.17. The van der Waals surface area contributed by atoms with Crippen molar-refractivity contribution in [2.75, 3.05) is 5.32 Å². The van der Waals surface area contributed by atoms with Crippen LogP contribution in [-0.4, -0.2) is 10.5 Å². The van der Waals surface area contributed by atoms with E-state index in [1.54, 1.807) is 0 Å². The molecular formula is C29H24N2O. The summed E-state index contributed by atoms with van der Waals surface area (Å²) >= 11 is 0. The summed E-state index contributed by atoms with van der Waals surface area (Å²) in [6.07, 6.45) is 0.777. The number of nitrogens with one attached hydrogen (secondary N) is 1. The Morgan fingerprint density at radius 2 is 1.38 bits per heavy atom. The van der Waals surface area contributed by atoms with E-state index in [0.717, 1.165) is 39.8 Å². The van der Waals surface area contributed by atoms with Gasteiger partial charge in [0.15, 0.2) is 0 Å². The third-order valence-corrected chi connectivity index (χ3v) is 5.71. The molecule has 5 aromatic rings. The quantitative estimate of drug-likeness (QED) is 0.335. The number of fused-ring (bicyclic) bond motifs is 1. The monoisotopic (exact) mass is 416 g/mol. The van der Waals surface area contributed by atoms with Crippen molar-refractivity contribution in [1.29, 1.82) is 0 Å². The molecule has 0 unspecified atom stereocenters. The molecule has 156 valence electrons. The predicted octanol–water partition coefficient (Wildman–Crippen LogP) is 6.54. The summed E-state index contributed by atoms with van der Waals surface area (Å²) in [6, 6.07) is 38.9. The van der Waals surface area contributed by atoms with Crippen molar-refractivity contribution in [3.63, 3.8) is 0 Å². The van der Waals surface area contributed by atoms with E-state index in [-0.39, 0.29) is 12.5 Å². The van der Waals surface area contributed by atoms with Crippen LogP contribution in [0.15, 0.2) is 115 Å². The first-order chi connectivity index (χ1) is 15.8. The lowest BCUT2D eigenvalue weighted by atomic mass is 10.0. The minimum Gasteiger partial charge on any atom is -0.331 e. The normalized spacial score (nSPS) is 10.9.